The highest BCUT2D eigenvalue weighted by molar-refractivity contribution is 7.16. The predicted octanol–water partition coefficient (Wildman–Crippen LogP) is 4.69. The molecule has 2 N–H and O–H groups in total. The van der Waals surface area contributed by atoms with Crippen molar-refractivity contribution < 1.29 is 0 Å². The van der Waals surface area contributed by atoms with Crippen LogP contribution in [0.3, 0.4) is 0 Å². The van der Waals surface area contributed by atoms with Crippen molar-refractivity contribution in [2.75, 3.05) is 5.32 Å². The Morgan fingerprint density at radius 1 is 1.40 bits per heavy atom. The van der Waals surface area contributed by atoms with Crippen LogP contribution in [-0.4, -0.2) is 9.97 Å². The zero-order valence-electron chi connectivity index (χ0n) is 11.0. The van der Waals surface area contributed by atoms with Gasteiger partial charge in [-0.2, -0.15) is 0 Å². The van der Waals surface area contributed by atoms with E-state index in [1.807, 2.05) is 6.92 Å². The van der Waals surface area contributed by atoms with Gasteiger partial charge in [0.15, 0.2) is 0 Å². The SMILES string of the molecule is Cc1nc2ccc(NC3CCc4sc(Cl)cc43)cc2[nH]1. The summed E-state index contributed by atoms with van der Waals surface area (Å²) in [5.74, 6) is 0.949. The van der Waals surface area contributed by atoms with E-state index < -0.39 is 0 Å². The molecular weight excluding hydrogens is 290 g/mol. The van der Waals surface area contributed by atoms with Crippen molar-refractivity contribution in [1.82, 2.24) is 9.97 Å². The van der Waals surface area contributed by atoms with Gasteiger partial charge in [-0.15, -0.1) is 11.3 Å². The minimum atomic E-state index is 0.371. The first-order valence-electron chi connectivity index (χ1n) is 6.70. The van der Waals surface area contributed by atoms with Gasteiger partial charge >= 0.3 is 0 Å². The molecular formula is C15H14ClN3S. The molecule has 3 nitrogen and oxygen atoms in total. The van der Waals surface area contributed by atoms with Crippen LogP contribution in [0.2, 0.25) is 4.34 Å². The fourth-order valence-corrected chi connectivity index (χ4v) is 4.27. The highest BCUT2D eigenvalue weighted by Crippen LogP contribution is 2.41. The number of nitrogens with one attached hydrogen (secondary N) is 2. The van der Waals surface area contributed by atoms with Crippen molar-refractivity contribution in [2.24, 2.45) is 0 Å². The van der Waals surface area contributed by atoms with Crippen LogP contribution < -0.4 is 5.32 Å². The Morgan fingerprint density at radius 2 is 2.30 bits per heavy atom. The van der Waals surface area contributed by atoms with Gasteiger partial charge in [0.2, 0.25) is 0 Å². The lowest BCUT2D eigenvalue weighted by Crippen LogP contribution is -2.06. The highest BCUT2D eigenvalue weighted by atomic mass is 35.5. The van der Waals surface area contributed by atoms with Gasteiger partial charge in [0.1, 0.15) is 5.82 Å². The van der Waals surface area contributed by atoms with Gasteiger partial charge in [-0.3, -0.25) is 0 Å². The minimum Gasteiger partial charge on any atom is -0.378 e. The molecule has 2 aromatic heterocycles. The third-order valence-corrected chi connectivity index (χ3v) is 5.13. The average Bonchev–Trinajstić information content (AvgIpc) is 3.04. The molecule has 0 aliphatic heterocycles. The fraction of sp³-hybridized carbons (Fsp3) is 0.267. The molecule has 5 heteroatoms. The molecule has 0 spiro atoms. The third-order valence-electron chi connectivity index (χ3n) is 3.79. The molecule has 0 radical (unpaired) electrons. The molecule has 0 bridgehead atoms. The second-order valence-electron chi connectivity index (χ2n) is 5.22. The van der Waals surface area contributed by atoms with E-state index in [0.717, 1.165) is 39.7 Å². The molecule has 0 saturated heterocycles. The molecule has 102 valence electrons. The first-order valence-corrected chi connectivity index (χ1v) is 7.89. The van der Waals surface area contributed by atoms with E-state index in [9.17, 15) is 0 Å². The normalized spacial score (nSPS) is 17.6. The van der Waals surface area contributed by atoms with Crippen LogP contribution in [0.5, 0.6) is 0 Å². The van der Waals surface area contributed by atoms with E-state index in [1.54, 1.807) is 11.3 Å². The van der Waals surface area contributed by atoms with Crippen molar-refractivity contribution in [3.63, 3.8) is 0 Å². The lowest BCUT2D eigenvalue weighted by molar-refractivity contribution is 0.762. The van der Waals surface area contributed by atoms with Gasteiger partial charge in [-0.05, 0) is 49.6 Å². The number of fused-ring (bicyclic) bond motifs is 2. The summed E-state index contributed by atoms with van der Waals surface area (Å²) in [7, 11) is 0. The van der Waals surface area contributed by atoms with Crippen molar-refractivity contribution in [3.8, 4) is 0 Å². The van der Waals surface area contributed by atoms with Gasteiger partial charge in [0, 0.05) is 10.6 Å². The average molecular weight is 304 g/mol. The van der Waals surface area contributed by atoms with Crippen LogP contribution >= 0.6 is 22.9 Å². The maximum Gasteiger partial charge on any atom is 0.104 e. The van der Waals surface area contributed by atoms with Crippen LogP contribution in [0.4, 0.5) is 5.69 Å². The molecule has 0 saturated carbocycles. The number of aromatic amines is 1. The number of imidazole rings is 1. The fourth-order valence-electron chi connectivity index (χ4n) is 2.91. The predicted molar refractivity (Wildman–Crippen MR) is 84.8 cm³/mol. The summed E-state index contributed by atoms with van der Waals surface area (Å²) in [6.45, 7) is 1.98. The van der Waals surface area contributed by atoms with Gasteiger partial charge in [0.25, 0.3) is 0 Å². The maximum absolute atomic E-state index is 6.10. The largest absolute Gasteiger partial charge is 0.378 e. The number of benzene rings is 1. The van der Waals surface area contributed by atoms with Crippen LogP contribution in [0, 0.1) is 6.92 Å². The van der Waals surface area contributed by atoms with Crippen LogP contribution in [-0.2, 0) is 6.42 Å². The number of rotatable bonds is 2. The van der Waals surface area contributed by atoms with Gasteiger partial charge in [0.05, 0.1) is 21.4 Å². The van der Waals surface area contributed by atoms with E-state index in [0.29, 0.717) is 6.04 Å². The van der Waals surface area contributed by atoms with E-state index in [2.05, 4.69) is 39.6 Å². The molecule has 4 rings (SSSR count). The van der Waals surface area contributed by atoms with Crippen LogP contribution in [0.1, 0.15) is 28.7 Å². The van der Waals surface area contributed by atoms with Crippen molar-refractivity contribution >= 4 is 39.7 Å². The first-order chi connectivity index (χ1) is 9.69. The van der Waals surface area contributed by atoms with Crippen LogP contribution in [0.15, 0.2) is 24.3 Å². The summed E-state index contributed by atoms with van der Waals surface area (Å²) in [6, 6.07) is 8.74. The number of halogens is 1. The molecule has 1 aliphatic rings. The van der Waals surface area contributed by atoms with E-state index in [1.165, 1.54) is 10.4 Å². The van der Waals surface area contributed by atoms with Crippen molar-refractivity contribution in [2.45, 2.75) is 25.8 Å². The van der Waals surface area contributed by atoms with Gasteiger partial charge in [-0.1, -0.05) is 11.6 Å². The number of aryl methyl sites for hydroxylation is 2. The number of hydrogen-bond acceptors (Lipinski definition) is 3. The van der Waals surface area contributed by atoms with E-state index in [4.69, 9.17) is 11.6 Å². The van der Waals surface area contributed by atoms with E-state index in [-0.39, 0.29) is 0 Å². The molecule has 0 fully saturated rings. The molecule has 2 heterocycles. The zero-order valence-corrected chi connectivity index (χ0v) is 12.6. The van der Waals surface area contributed by atoms with Crippen LogP contribution in [0.25, 0.3) is 11.0 Å². The summed E-state index contributed by atoms with van der Waals surface area (Å²) < 4.78 is 0.890. The Kier molecular flexibility index (Phi) is 2.75. The second-order valence-corrected chi connectivity index (χ2v) is 6.99. The number of anilines is 1. The minimum absolute atomic E-state index is 0.371. The molecule has 3 aromatic rings. The summed E-state index contributed by atoms with van der Waals surface area (Å²) in [5, 5.41) is 3.61. The lowest BCUT2D eigenvalue weighted by Gasteiger charge is -2.14. The Labute approximate surface area is 126 Å². The Bertz CT molecular complexity index is 790. The Balaban J connectivity index is 1.64. The number of aromatic nitrogens is 2. The molecule has 0 amide bonds. The summed E-state index contributed by atoms with van der Waals surface area (Å²) in [5.41, 5.74) is 4.58. The quantitative estimate of drug-likeness (QED) is 0.721. The second kappa shape index (κ2) is 4.50. The molecule has 20 heavy (non-hydrogen) atoms. The molecule has 1 aliphatic carbocycles. The smallest absolute Gasteiger partial charge is 0.104 e. The molecule has 1 atom stereocenters. The molecule has 1 unspecified atom stereocenters. The van der Waals surface area contributed by atoms with E-state index >= 15 is 0 Å². The number of nitrogens with zero attached hydrogens (tertiary/aromatic N) is 1. The van der Waals surface area contributed by atoms with Crippen molar-refractivity contribution in [1.29, 1.82) is 0 Å². The first kappa shape index (κ1) is 12.2. The molecule has 1 aromatic carbocycles. The number of thiophene rings is 1. The van der Waals surface area contributed by atoms with Gasteiger partial charge in [-0.25, -0.2) is 4.98 Å². The number of hydrogen-bond donors (Lipinski definition) is 2. The third kappa shape index (κ3) is 2.00. The maximum atomic E-state index is 6.10. The summed E-state index contributed by atoms with van der Waals surface area (Å²) in [6.07, 6.45) is 2.26. The van der Waals surface area contributed by atoms with Gasteiger partial charge < -0.3 is 10.3 Å². The lowest BCUT2D eigenvalue weighted by atomic mass is 10.1. The monoisotopic (exact) mass is 303 g/mol. The topological polar surface area (TPSA) is 40.7 Å². The summed E-state index contributed by atoms with van der Waals surface area (Å²) in [4.78, 5) is 9.13. The number of H-pyrrole nitrogens is 1. The highest BCUT2D eigenvalue weighted by Gasteiger charge is 2.24. The Morgan fingerprint density at radius 3 is 3.20 bits per heavy atom. The van der Waals surface area contributed by atoms with Crippen molar-refractivity contribution in [3.05, 3.63) is 44.9 Å². The zero-order chi connectivity index (χ0) is 13.7. The Hall–Kier alpha value is -1.52. The standard InChI is InChI=1S/C15H14ClN3S/c1-8-17-12-3-2-9(6-13(12)18-8)19-11-4-5-14-10(11)7-15(16)20-14/h2-3,6-7,11,19H,4-5H2,1H3,(H,17,18). The summed E-state index contributed by atoms with van der Waals surface area (Å²) >= 11 is 7.81.